The summed E-state index contributed by atoms with van der Waals surface area (Å²) in [6.45, 7) is 6.83. The molecular weight excluding hydrogens is 222 g/mol. The molecule has 18 heavy (non-hydrogen) atoms. The molecular formula is C15H25N3. The predicted octanol–water partition coefficient (Wildman–Crippen LogP) is 3.10. The van der Waals surface area contributed by atoms with Crippen molar-refractivity contribution in [2.24, 2.45) is 0 Å². The summed E-state index contributed by atoms with van der Waals surface area (Å²) in [5.41, 5.74) is 1.34. The van der Waals surface area contributed by atoms with Crippen LogP contribution in [0.2, 0.25) is 0 Å². The van der Waals surface area contributed by atoms with Crippen molar-refractivity contribution in [2.75, 3.05) is 25.5 Å². The summed E-state index contributed by atoms with van der Waals surface area (Å²) in [6.07, 6.45) is 5.62. The van der Waals surface area contributed by atoms with Gasteiger partial charge in [-0.1, -0.05) is 19.9 Å². The summed E-state index contributed by atoms with van der Waals surface area (Å²) < 4.78 is 0. The Morgan fingerprint density at radius 1 is 1.39 bits per heavy atom. The first-order chi connectivity index (χ1) is 8.69. The molecule has 2 heterocycles. The largest absolute Gasteiger partial charge is 0.367 e. The second kappa shape index (κ2) is 6.19. The van der Waals surface area contributed by atoms with E-state index in [-0.39, 0.29) is 0 Å². The van der Waals surface area contributed by atoms with Crippen molar-refractivity contribution in [3.63, 3.8) is 0 Å². The van der Waals surface area contributed by atoms with Gasteiger partial charge in [-0.3, -0.25) is 0 Å². The highest BCUT2D eigenvalue weighted by Gasteiger charge is 2.16. The van der Waals surface area contributed by atoms with Crippen LogP contribution in [0.15, 0.2) is 18.3 Å². The van der Waals surface area contributed by atoms with Crippen molar-refractivity contribution in [2.45, 2.75) is 45.1 Å². The van der Waals surface area contributed by atoms with Gasteiger partial charge in [0.2, 0.25) is 0 Å². The smallest absolute Gasteiger partial charge is 0.126 e. The Hall–Kier alpha value is -1.09. The lowest BCUT2D eigenvalue weighted by atomic mass is 10.0. The zero-order chi connectivity index (χ0) is 13.0. The van der Waals surface area contributed by atoms with Crippen LogP contribution >= 0.6 is 0 Å². The number of rotatable bonds is 4. The van der Waals surface area contributed by atoms with Gasteiger partial charge in [-0.2, -0.15) is 0 Å². The van der Waals surface area contributed by atoms with Crippen LogP contribution in [0.5, 0.6) is 0 Å². The topological polar surface area (TPSA) is 28.2 Å². The molecule has 0 amide bonds. The molecule has 0 aliphatic carbocycles. The Kier molecular flexibility index (Phi) is 4.59. The summed E-state index contributed by atoms with van der Waals surface area (Å²) in [7, 11) is 2.19. The standard InChI is InChI=1S/C15H25N3/c1-4-12(2)13-5-6-15(16-11-13)17-14-7-9-18(3)10-8-14/h5-6,11-12,14H,4,7-10H2,1-3H3,(H,16,17). The van der Waals surface area contributed by atoms with Crippen LogP contribution in [0, 0.1) is 0 Å². The van der Waals surface area contributed by atoms with Crippen molar-refractivity contribution in [1.29, 1.82) is 0 Å². The first kappa shape index (κ1) is 13.3. The Balaban J connectivity index is 1.90. The molecule has 1 saturated heterocycles. The molecule has 1 atom stereocenters. The van der Waals surface area contributed by atoms with E-state index >= 15 is 0 Å². The van der Waals surface area contributed by atoms with E-state index in [1.165, 1.54) is 37.9 Å². The average molecular weight is 247 g/mol. The minimum absolute atomic E-state index is 0.586. The van der Waals surface area contributed by atoms with Crippen molar-refractivity contribution in [3.05, 3.63) is 23.9 Å². The fourth-order valence-corrected chi connectivity index (χ4v) is 2.38. The van der Waals surface area contributed by atoms with E-state index in [2.05, 4.69) is 48.2 Å². The number of likely N-dealkylation sites (tertiary alicyclic amines) is 1. The zero-order valence-corrected chi connectivity index (χ0v) is 11.8. The van der Waals surface area contributed by atoms with Gasteiger partial charge < -0.3 is 10.2 Å². The number of nitrogens with one attached hydrogen (secondary N) is 1. The molecule has 0 spiro atoms. The van der Waals surface area contributed by atoms with Crippen LogP contribution in [-0.4, -0.2) is 36.1 Å². The highest BCUT2D eigenvalue weighted by atomic mass is 15.1. The number of nitrogens with zero attached hydrogens (tertiary/aromatic N) is 2. The fraction of sp³-hybridized carbons (Fsp3) is 0.667. The van der Waals surface area contributed by atoms with Gasteiger partial charge in [0, 0.05) is 12.2 Å². The zero-order valence-electron chi connectivity index (χ0n) is 11.8. The van der Waals surface area contributed by atoms with Crippen LogP contribution in [-0.2, 0) is 0 Å². The van der Waals surface area contributed by atoms with Crippen LogP contribution in [0.4, 0.5) is 5.82 Å². The normalized spacial score (nSPS) is 19.7. The van der Waals surface area contributed by atoms with E-state index < -0.39 is 0 Å². The van der Waals surface area contributed by atoms with Crippen LogP contribution in [0.3, 0.4) is 0 Å². The summed E-state index contributed by atoms with van der Waals surface area (Å²) in [5.74, 6) is 1.63. The van der Waals surface area contributed by atoms with E-state index in [9.17, 15) is 0 Å². The maximum atomic E-state index is 4.54. The molecule has 1 aromatic rings. The number of hydrogen-bond donors (Lipinski definition) is 1. The molecule has 100 valence electrons. The molecule has 1 N–H and O–H groups in total. The second-order valence-electron chi connectivity index (χ2n) is 5.51. The molecule has 0 bridgehead atoms. The highest BCUT2D eigenvalue weighted by Crippen LogP contribution is 2.20. The first-order valence-electron chi connectivity index (χ1n) is 7.10. The molecule has 0 radical (unpaired) electrons. The number of anilines is 1. The highest BCUT2D eigenvalue weighted by molar-refractivity contribution is 5.37. The minimum Gasteiger partial charge on any atom is -0.367 e. The van der Waals surface area contributed by atoms with Crippen LogP contribution < -0.4 is 5.32 Å². The van der Waals surface area contributed by atoms with Crippen LogP contribution in [0.25, 0.3) is 0 Å². The first-order valence-corrected chi connectivity index (χ1v) is 7.10. The summed E-state index contributed by atoms with van der Waals surface area (Å²) >= 11 is 0. The molecule has 1 aliphatic heterocycles. The SMILES string of the molecule is CCC(C)c1ccc(NC2CCN(C)CC2)nc1. The van der Waals surface area contributed by atoms with Gasteiger partial charge in [0.1, 0.15) is 5.82 Å². The minimum atomic E-state index is 0.586. The maximum Gasteiger partial charge on any atom is 0.126 e. The number of pyridine rings is 1. The summed E-state index contributed by atoms with van der Waals surface area (Å²) in [6, 6.07) is 4.92. The Morgan fingerprint density at radius 3 is 2.67 bits per heavy atom. The predicted molar refractivity (Wildman–Crippen MR) is 77.1 cm³/mol. The van der Waals surface area contributed by atoms with Gasteiger partial charge in [-0.25, -0.2) is 4.98 Å². The van der Waals surface area contributed by atoms with Crippen molar-refractivity contribution in [1.82, 2.24) is 9.88 Å². The number of piperidine rings is 1. The van der Waals surface area contributed by atoms with Gasteiger partial charge in [0.25, 0.3) is 0 Å². The molecule has 2 rings (SSSR count). The van der Waals surface area contributed by atoms with Gasteiger partial charge >= 0.3 is 0 Å². The Labute approximate surface area is 111 Å². The molecule has 0 saturated carbocycles. The molecule has 3 nitrogen and oxygen atoms in total. The number of aromatic nitrogens is 1. The van der Waals surface area contributed by atoms with E-state index in [1.807, 2.05) is 6.20 Å². The lowest BCUT2D eigenvalue weighted by molar-refractivity contribution is 0.263. The Morgan fingerprint density at radius 2 is 2.11 bits per heavy atom. The third kappa shape index (κ3) is 3.45. The lowest BCUT2D eigenvalue weighted by Gasteiger charge is -2.29. The van der Waals surface area contributed by atoms with Crippen molar-refractivity contribution >= 4 is 5.82 Å². The van der Waals surface area contributed by atoms with Gasteiger partial charge in [0.05, 0.1) is 0 Å². The van der Waals surface area contributed by atoms with Crippen molar-refractivity contribution < 1.29 is 0 Å². The monoisotopic (exact) mass is 247 g/mol. The Bertz CT molecular complexity index is 353. The molecule has 3 heteroatoms. The molecule has 1 aliphatic rings. The van der Waals surface area contributed by atoms with E-state index in [4.69, 9.17) is 0 Å². The van der Waals surface area contributed by atoms with Gasteiger partial charge in [-0.05, 0) is 56.9 Å². The quantitative estimate of drug-likeness (QED) is 0.886. The second-order valence-corrected chi connectivity index (χ2v) is 5.51. The number of hydrogen-bond acceptors (Lipinski definition) is 3. The van der Waals surface area contributed by atoms with E-state index in [0.717, 1.165) is 5.82 Å². The molecule has 0 aromatic carbocycles. The molecule has 1 unspecified atom stereocenters. The van der Waals surface area contributed by atoms with E-state index in [0.29, 0.717) is 12.0 Å². The average Bonchev–Trinajstić information content (AvgIpc) is 2.41. The third-order valence-corrected chi connectivity index (χ3v) is 4.04. The van der Waals surface area contributed by atoms with E-state index in [1.54, 1.807) is 0 Å². The maximum absolute atomic E-state index is 4.54. The van der Waals surface area contributed by atoms with Gasteiger partial charge in [-0.15, -0.1) is 0 Å². The molecule has 1 fully saturated rings. The lowest BCUT2D eigenvalue weighted by Crippen LogP contribution is -2.36. The summed E-state index contributed by atoms with van der Waals surface area (Å²) in [5, 5.41) is 3.55. The van der Waals surface area contributed by atoms with Crippen molar-refractivity contribution in [3.8, 4) is 0 Å². The fourth-order valence-electron chi connectivity index (χ4n) is 2.38. The summed E-state index contributed by atoms with van der Waals surface area (Å²) in [4.78, 5) is 6.92. The van der Waals surface area contributed by atoms with Gasteiger partial charge in [0.15, 0.2) is 0 Å². The third-order valence-electron chi connectivity index (χ3n) is 4.04. The van der Waals surface area contributed by atoms with Crippen LogP contribution in [0.1, 0.15) is 44.6 Å². The molecule has 1 aromatic heterocycles.